The standard InChI is InChI=1S/C14H10ClN3/c15-14-13(17-8-12(16)18-14)11-6-5-9-3-1-2-4-10(9)7-11/h1-8H,(H2,16,18). The minimum absolute atomic E-state index is 0.324. The van der Waals surface area contributed by atoms with Crippen molar-refractivity contribution in [3.63, 3.8) is 0 Å². The molecule has 0 spiro atoms. The Morgan fingerprint density at radius 2 is 1.78 bits per heavy atom. The molecule has 0 aliphatic carbocycles. The monoisotopic (exact) mass is 255 g/mol. The highest BCUT2D eigenvalue weighted by molar-refractivity contribution is 6.31. The average Bonchev–Trinajstić information content (AvgIpc) is 2.38. The van der Waals surface area contributed by atoms with E-state index in [0.717, 1.165) is 10.9 Å². The highest BCUT2D eigenvalue weighted by atomic mass is 35.5. The highest BCUT2D eigenvalue weighted by Crippen LogP contribution is 2.27. The number of nitrogens with zero attached hydrogens (tertiary/aromatic N) is 2. The van der Waals surface area contributed by atoms with E-state index < -0.39 is 0 Å². The van der Waals surface area contributed by atoms with E-state index in [0.29, 0.717) is 16.7 Å². The van der Waals surface area contributed by atoms with Crippen molar-refractivity contribution in [1.29, 1.82) is 0 Å². The summed E-state index contributed by atoms with van der Waals surface area (Å²) >= 11 is 6.06. The molecule has 3 rings (SSSR count). The van der Waals surface area contributed by atoms with Crippen LogP contribution in [-0.2, 0) is 0 Å². The number of anilines is 1. The molecule has 0 saturated heterocycles. The van der Waals surface area contributed by atoms with Gasteiger partial charge < -0.3 is 5.73 Å². The smallest absolute Gasteiger partial charge is 0.157 e. The first-order valence-corrected chi connectivity index (χ1v) is 5.89. The summed E-state index contributed by atoms with van der Waals surface area (Å²) in [5.74, 6) is 0.324. The van der Waals surface area contributed by atoms with Crippen molar-refractivity contribution in [2.24, 2.45) is 0 Å². The fourth-order valence-corrected chi connectivity index (χ4v) is 2.16. The molecule has 0 saturated carbocycles. The molecule has 0 fully saturated rings. The third kappa shape index (κ3) is 1.89. The van der Waals surface area contributed by atoms with E-state index in [1.54, 1.807) is 0 Å². The number of benzene rings is 2. The molecule has 3 aromatic rings. The van der Waals surface area contributed by atoms with Crippen LogP contribution in [0.2, 0.25) is 5.15 Å². The maximum Gasteiger partial charge on any atom is 0.157 e. The van der Waals surface area contributed by atoms with Crippen molar-refractivity contribution >= 4 is 28.2 Å². The van der Waals surface area contributed by atoms with Crippen LogP contribution in [0.15, 0.2) is 48.7 Å². The predicted molar refractivity (Wildman–Crippen MR) is 74.4 cm³/mol. The van der Waals surface area contributed by atoms with Crippen LogP contribution in [0.4, 0.5) is 5.82 Å². The number of hydrogen-bond acceptors (Lipinski definition) is 3. The number of nitrogen functional groups attached to an aromatic ring is 1. The van der Waals surface area contributed by atoms with Gasteiger partial charge in [0.25, 0.3) is 0 Å². The Hall–Kier alpha value is -2.13. The largest absolute Gasteiger partial charge is 0.382 e. The van der Waals surface area contributed by atoms with Gasteiger partial charge >= 0.3 is 0 Å². The fourth-order valence-electron chi connectivity index (χ4n) is 1.91. The molecule has 0 aliphatic heterocycles. The molecular formula is C14H10ClN3. The third-order valence-corrected chi connectivity index (χ3v) is 3.04. The van der Waals surface area contributed by atoms with Crippen LogP contribution in [0.1, 0.15) is 0 Å². The first-order chi connectivity index (χ1) is 8.74. The fraction of sp³-hybridized carbons (Fsp3) is 0. The second kappa shape index (κ2) is 4.27. The lowest BCUT2D eigenvalue weighted by Crippen LogP contribution is -1.94. The molecular weight excluding hydrogens is 246 g/mol. The van der Waals surface area contributed by atoms with Crippen LogP contribution >= 0.6 is 11.6 Å². The molecule has 0 aliphatic rings. The lowest BCUT2D eigenvalue weighted by Gasteiger charge is -2.05. The van der Waals surface area contributed by atoms with Gasteiger partial charge in [-0.15, -0.1) is 0 Å². The lowest BCUT2D eigenvalue weighted by atomic mass is 10.1. The number of hydrogen-bond donors (Lipinski definition) is 1. The number of rotatable bonds is 1. The summed E-state index contributed by atoms with van der Waals surface area (Å²) in [7, 11) is 0. The zero-order valence-corrected chi connectivity index (χ0v) is 10.2. The zero-order valence-electron chi connectivity index (χ0n) is 9.47. The molecule has 2 aromatic carbocycles. The number of fused-ring (bicyclic) bond motifs is 1. The Morgan fingerprint density at radius 3 is 2.56 bits per heavy atom. The van der Waals surface area contributed by atoms with E-state index in [-0.39, 0.29) is 0 Å². The molecule has 0 bridgehead atoms. The first-order valence-electron chi connectivity index (χ1n) is 5.51. The maximum atomic E-state index is 6.06. The van der Waals surface area contributed by atoms with E-state index >= 15 is 0 Å². The van der Waals surface area contributed by atoms with Gasteiger partial charge in [0.15, 0.2) is 5.15 Å². The minimum atomic E-state index is 0.324. The Kier molecular flexibility index (Phi) is 2.61. The molecule has 1 aromatic heterocycles. The summed E-state index contributed by atoms with van der Waals surface area (Å²) in [5, 5.41) is 2.65. The molecule has 4 heteroatoms. The van der Waals surface area contributed by atoms with Gasteiger partial charge in [0, 0.05) is 5.56 Å². The summed E-state index contributed by atoms with van der Waals surface area (Å²) < 4.78 is 0. The topological polar surface area (TPSA) is 51.8 Å². The van der Waals surface area contributed by atoms with Crippen LogP contribution in [0.3, 0.4) is 0 Å². The van der Waals surface area contributed by atoms with Crippen molar-refractivity contribution in [2.45, 2.75) is 0 Å². The van der Waals surface area contributed by atoms with Crippen molar-refractivity contribution < 1.29 is 0 Å². The van der Waals surface area contributed by atoms with Gasteiger partial charge in [-0.25, -0.2) is 9.97 Å². The summed E-state index contributed by atoms with van der Waals surface area (Å²) in [5.41, 5.74) is 7.12. The van der Waals surface area contributed by atoms with Gasteiger partial charge in [0.05, 0.1) is 6.20 Å². The minimum Gasteiger partial charge on any atom is -0.382 e. The van der Waals surface area contributed by atoms with Gasteiger partial charge in [-0.2, -0.15) is 0 Å². The lowest BCUT2D eigenvalue weighted by molar-refractivity contribution is 1.22. The molecule has 0 unspecified atom stereocenters. The van der Waals surface area contributed by atoms with E-state index in [9.17, 15) is 0 Å². The van der Waals surface area contributed by atoms with Gasteiger partial charge in [-0.1, -0.05) is 48.0 Å². The van der Waals surface area contributed by atoms with Crippen LogP contribution in [-0.4, -0.2) is 9.97 Å². The van der Waals surface area contributed by atoms with Gasteiger partial charge in [0.2, 0.25) is 0 Å². The summed E-state index contributed by atoms with van der Waals surface area (Å²) in [6.07, 6.45) is 1.51. The third-order valence-electron chi connectivity index (χ3n) is 2.77. The molecule has 0 amide bonds. The van der Waals surface area contributed by atoms with Gasteiger partial charge in [-0.05, 0) is 16.8 Å². The quantitative estimate of drug-likeness (QED) is 0.724. The summed E-state index contributed by atoms with van der Waals surface area (Å²) in [6, 6.07) is 14.2. The SMILES string of the molecule is Nc1cnc(-c2ccc3ccccc3c2)c(Cl)n1. The molecule has 0 atom stereocenters. The number of aromatic nitrogens is 2. The second-order valence-corrected chi connectivity index (χ2v) is 4.35. The van der Waals surface area contributed by atoms with Gasteiger partial charge in [-0.3, -0.25) is 0 Å². The average molecular weight is 256 g/mol. The first kappa shape index (κ1) is 11.0. The second-order valence-electron chi connectivity index (χ2n) is 4.00. The Bertz CT molecular complexity index is 725. The summed E-state index contributed by atoms with van der Waals surface area (Å²) in [6.45, 7) is 0. The molecule has 18 heavy (non-hydrogen) atoms. The molecule has 3 nitrogen and oxygen atoms in total. The van der Waals surface area contributed by atoms with Crippen LogP contribution < -0.4 is 5.73 Å². The van der Waals surface area contributed by atoms with Crippen LogP contribution in [0, 0.1) is 0 Å². The van der Waals surface area contributed by atoms with E-state index in [2.05, 4.69) is 22.1 Å². The molecule has 2 N–H and O–H groups in total. The van der Waals surface area contributed by atoms with Crippen LogP contribution in [0.5, 0.6) is 0 Å². The number of halogens is 1. The predicted octanol–water partition coefficient (Wildman–Crippen LogP) is 3.53. The van der Waals surface area contributed by atoms with Crippen molar-refractivity contribution in [1.82, 2.24) is 9.97 Å². The Labute approximate surface area is 109 Å². The Morgan fingerprint density at radius 1 is 1.00 bits per heavy atom. The highest BCUT2D eigenvalue weighted by Gasteiger charge is 2.07. The van der Waals surface area contributed by atoms with Crippen molar-refractivity contribution in [3.05, 3.63) is 53.8 Å². The van der Waals surface area contributed by atoms with Crippen molar-refractivity contribution in [3.8, 4) is 11.3 Å². The molecule has 88 valence electrons. The molecule has 0 radical (unpaired) electrons. The Balaban J connectivity index is 2.19. The van der Waals surface area contributed by atoms with Crippen LogP contribution in [0.25, 0.3) is 22.0 Å². The van der Waals surface area contributed by atoms with E-state index in [1.807, 2.05) is 30.3 Å². The molecule has 1 heterocycles. The van der Waals surface area contributed by atoms with E-state index in [4.69, 9.17) is 17.3 Å². The normalized spacial score (nSPS) is 10.7. The zero-order chi connectivity index (χ0) is 12.5. The number of nitrogens with two attached hydrogens (primary N) is 1. The van der Waals surface area contributed by atoms with Crippen molar-refractivity contribution in [2.75, 3.05) is 5.73 Å². The van der Waals surface area contributed by atoms with E-state index in [1.165, 1.54) is 11.6 Å². The summed E-state index contributed by atoms with van der Waals surface area (Å²) in [4.78, 5) is 8.25. The van der Waals surface area contributed by atoms with Gasteiger partial charge in [0.1, 0.15) is 11.5 Å². The maximum absolute atomic E-state index is 6.06.